The number of hydrogen-bond acceptors (Lipinski definition) is 4. The molecular formula is C16H27N3O2. The summed E-state index contributed by atoms with van der Waals surface area (Å²) in [7, 11) is 4.07. The normalized spacial score (nSPS) is 13.3. The number of carbonyl (C=O) groups is 1. The monoisotopic (exact) mass is 293 g/mol. The molecule has 0 aliphatic carbocycles. The van der Waals surface area contributed by atoms with Gasteiger partial charge in [-0.15, -0.1) is 0 Å². The molecule has 0 spiro atoms. The topological polar surface area (TPSA) is 65.5 Å². The molecule has 0 aliphatic rings. The first-order chi connectivity index (χ1) is 9.59. The molecule has 5 heteroatoms. The minimum atomic E-state index is -0.924. The number of aromatic carboxylic acids is 1. The third-order valence-electron chi connectivity index (χ3n) is 3.24. The molecule has 0 saturated heterocycles. The first kappa shape index (κ1) is 17.4. The average Bonchev–Trinajstić information content (AvgIpc) is 2.34. The summed E-state index contributed by atoms with van der Waals surface area (Å²) in [6, 6.07) is 3.48. The molecule has 0 saturated carbocycles. The van der Waals surface area contributed by atoms with Gasteiger partial charge in [-0.2, -0.15) is 0 Å². The molecule has 2 N–H and O–H groups in total. The van der Waals surface area contributed by atoms with Gasteiger partial charge < -0.3 is 15.3 Å². The molecule has 0 bridgehead atoms. The summed E-state index contributed by atoms with van der Waals surface area (Å²) >= 11 is 0. The largest absolute Gasteiger partial charge is 0.478 e. The number of hydrogen-bond donors (Lipinski definition) is 2. The van der Waals surface area contributed by atoms with E-state index in [1.54, 1.807) is 12.1 Å². The Hall–Kier alpha value is -1.62. The minimum Gasteiger partial charge on any atom is -0.478 e. The van der Waals surface area contributed by atoms with E-state index in [0.29, 0.717) is 5.82 Å². The van der Waals surface area contributed by atoms with Crippen molar-refractivity contribution in [3.05, 3.63) is 23.4 Å². The fourth-order valence-corrected chi connectivity index (χ4v) is 1.89. The summed E-state index contributed by atoms with van der Waals surface area (Å²) in [4.78, 5) is 18.0. The fourth-order valence-electron chi connectivity index (χ4n) is 1.89. The van der Waals surface area contributed by atoms with E-state index in [2.05, 4.69) is 22.1 Å². The molecule has 0 amide bonds. The maximum atomic E-state index is 11.3. The van der Waals surface area contributed by atoms with Crippen LogP contribution >= 0.6 is 0 Å². The van der Waals surface area contributed by atoms with Crippen LogP contribution < -0.4 is 5.32 Å². The summed E-state index contributed by atoms with van der Waals surface area (Å²) in [6.07, 6.45) is 0.969. The van der Waals surface area contributed by atoms with Crippen molar-refractivity contribution in [3.63, 3.8) is 0 Å². The summed E-state index contributed by atoms with van der Waals surface area (Å²) in [5.41, 5.74) is 0.872. The quantitative estimate of drug-likeness (QED) is 0.844. The maximum Gasteiger partial charge on any atom is 0.335 e. The van der Waals surface area contributed by atoms with Crippen LogP contribution in [0.4, 0.5) is 5.82 Å². The van der Waals surface area contributed by atoms with Crippen molar-refractivity contribution in [2.75, 3.05) is 26.0 Å². The van der Waals surface area contributed by atoms with Crippen molar-refractivity contribution in [2.24, 2.45) is 0 Å². The minimum absolute atomic E-state index is 0.186. The molecule has 1 aromatic heterocycles. The second kappa shape index (κ2) is 6.89. The van der Waals surface area contributed by atoms with E-state index in [9.17, 15) is 9.90 Å². The zero-order valence-electron chi connectivity index (χ0n) is 13.9. The molecular weight excluding hydrogens is 266 g/mol. The second-order valence-electron chi connectivity index (χ2n) is 6.82. The Kier molecular flexibility index (Phi) is 5.72. The first-order valence-corrected chi connectivity index (χ1v) is 7.26. The number of nitrogens with zero attached hydrogens (tertiary/aromatic N) is 2. The van der Waals surface area contributed by atoms with Crippen molar-refractivity contribution < 1.29 is 9.90 Å². The van der Waals surface area contributed by atoms with Crippen LogP contribution in [-0.4, -0.2) is 47.6 Å². The first-order valence-electron chi connectivity index (χ1n) is 7.26. The van der Waals surface area contributed by atoms with Crippen LogP contribution in [0.25, 0.3) is 0 Å². The Labute approximate surface area is 127 Å². The zero-order valence-corrected chi connectivity index (χ0v) is 13.9. The number of pyridine rings is 1. The van der Waals surface area contributed by atoms with Crippen LogP contribution in [0.2, 0.25) is 0 Å². The lowest BCUT2D eigenvalue weighted by Crippen LogP contribution is -2.24. The Balaban J connectivity index is 2.95. The van der Waals surface area contributed by atoms with Gasteiger partial charge >= 0.3 is 5.97 Å². The van der Waals surface area contributed by atoms with E-state index in [4.69, 9.17) is 0 Å². The number of anilines is 1. The summed E-state index contributed by atoms with van der Waals surface area (Å²) < 4.78 is 0. The highest BCUT2D eigenvalue weighted by atomic mass is 16.4. The molecule has 0 aromatic carbocycles. The summed E-state index contributed by atoms with van der Waals surface area (Å²) in [5, 5.41) is 12.6. The maximum absolute atomic E-state index is 11.3. The summed E-state index contributed by atoms with van der Waals surface area (Å²) in [5.74, 6) is -0.294. The number of carboxylic acids is 1. The van der Waals surface area contributed by atoms with Crippen LogP contribution in [0.3, 0.4) is 0 Å². The van der Waals surface area contributed by atoms with E-state index in [1.807, 2.05) is 34.9 Å². The van der Waals surface area contributed by atoms with Gasteiger partial charge in [-0.1, -0.05) is 20.8 Å². The van der Waals surface area contributed by atoms with Crippen LogP contribution in [0.15, 0.2) is 12.1 Å². The van der Waals surface area contributed by atoms with Gasteiger partial charge in [0.1, 0.15) is 5.82 Å². The molecule has 1 unspecified atom stereocenters. The van der Waals surface area contributed by atoms with Gasteiger partial charge in [0, 0.05) is 17.2 Å². The van der Waals surface area contributed by atoms with Gasteiger partial charge in [-0.25, -0.2) is 9.78 Å². The molecule has 5 nitrogen and oxygen atoms in total. The molecule has 1 heterocycles. The van der Waals surface area contributed by atoms with E-state index < -0.39 is 5.97 Å². The van der Waals surface area contributed by atoms with Crippen molar-refractivity contribution in [2.45, 2.75) is 45.6 Å². The average molecular weight is 293 g/mol. The highest BCUT2D eigenvalue weighted by molar-refractivity contribution is 5.88. The molecule has 1 atom stereocenters. The van der Waals surface area contributed by atoms with Gasteiger partial charge in [-0.3, -0.25) is 0 Å². The molecule has 1 rings (SSSR count). The van der Waals surface area contributed by atoms with Gasteiger partial charge in [0.25, 0.3) is 0 Å². The van der Waals surface area contributed by atoms with E-state index in [-0.39, 0.29) is 17.0 Å². The van der Waals surface area contributed by atoms with Crippen molar-refractivity contribution in [3.8, 4) is 0 Å². The molecule has 0 radical (unpaired) electrons. The van der Waals surface area contributed by atoms with Gasteiger partial charge in [0.05, 0.1) is 5.56 Å². The van der Waals surface area contributed by atoms with Crippen LogP contribution in [0.1, 0.15) is 50.2 Å². The Morgan fingerprint density at radius 2 is 2.00 bits per heavy atom. The van der Waals surface area contributed by atoms with Crippen LogP contribution in [0.5, 0.6) is 0 Å². The number of carboxylic acid groups (broad SMARTS) is 1. The second-order valence-corrected chi connectivity index (χ2v) is 6.82. The molecule has 118 valence electrons. The van der Waals surface area contributed by atoms with E-state index >= 15 is 0 Å². The van der Waals surface area contributed by atoms with Gasteiger partial charge in [-0.05, 0) is 46.1 Å². The lowest BCUT2D eigenvalue weighted by Gasteiger charge is -2.22. The number of aromatic nitrogens is 1. The smallest absolute Gasteiger partial charge is 0.335 e. The van der Waals surface area contributed by atoms with Gasteiger partial charge in [0.15, 0.2) is 0 Å². The molecule has 21 heavy (non-hydrogen) atoms. The third-order valence-corrected chi connectivity index (χ3v) is 3.24. The molecule has 0 fully saturated rings. The number of rotatable bonds is 6. The lowest BCUT2D eigenvalue weighted by atomic mass is 9.90. The van der Waals surface area contributed by atoms with Gasteiger partial charge in [0.2, 0.25) is 0 Å². The van der Waals surface area contributed by atoms with Crippen LogP contribution in [-0.2, 0) is 5.41 Å². The Bertz CT molecular complexity index is 493. The van der Waals surface area contributed by atoms with Crippen LogP contribution in [0, 0.1) is 0 Å². The number of nitrogens with one attached hydrogen (secondary N) is 1. The van der Waals surface area contributed by atoms with Crippen molar-refractivity contribution in [1.29, 1.82) is 0 Å². The molecule has 0 aliphatic heterocycles. The highest BCUT2D eigenvalue weighted by Crippen LogP contribution is 2.23. The van der Waals surface area contributed by atoms with E-state index in [1.165, 1.54) is 0 Å². The zero-order chi connectivity index (χ0) is 16.2. The molecule has 1 aromatic rings. The predicted octanol–water partition coefficient (Wildman–Crippen LogP) is 2.83. The lowest BCUT2D eigenvalue weighted by molar-refractivity contribution is 0.0696. The highest BCUT2D eigenvalue weighted by Gasteiger charge is 2.19. The fraction of sp³-hybridized carbons (Fsp3) is 0.625. The SMILES string of the molecule is CC(CCN(C)C)Nc1cc(C(=O)O)cc(C(C)(C)C)n1. The summed E-state index contributed by atoms with van der Waals surface area (Å²) in [6.45, 7) is 9.13. The standard InChI is InChI=1S/C16H27N3O2/c1-11(7-8-19(5)6)17-14-10-12(15(20)21)9-13(18-14)16(2,3)4/h9-11H,7-8H2,1-6H3,(H,17,18)(H,20,21). The Morgan fingerprint density at radius 3 is 2.48 bits per heavy atom. The Morgan fingerprint density at radius 1 is 1.38 bits per heavy atom. The van der Waals surface area contributed by atoms with E-state index in [0.717, 1.165) is 18.7 Å². The van der Waals surface area contributed by atoms with Crippen molar-refractivity contribution in [1.82, 2.24) is 9.88 Å². The third kappa shape index (κ3) is 5.71. The predicted molar refractivity (Wildman–Crippen MR) is 86.2 cm³/mol. The van der Waals surface area contributed by atoms with Crippen molar-refractivity contribution >= 4 is 11.8 Å².